The van der Waals surface area contributed by atoms with Crippen molar-refractivity contribution in [1.82, 2.24) is 29.9 Å². The summed E-state index contributed by atoms with van der Waals surface area (Å²) >= 11 is 1.81. The molecule has 15 aromatic rings. The van der Waals surface area contributed by atoms with Gasteiger partial charge in [-0.05, 0) is 71.4 Å². The van der Waals surface area contributed by atoms with Gasteiger partial charge in [0.1, 0.15) is 0 Å². The first kappa shape index (κ1) is 41.2. The van der Waals surface area contributed by atoms with Crippen LogP contribution in [-0.2, 0) is 0 Å². The number of hydrogen-bond acceptors (Lipinski definition) is 7. The van der Waals surface area contributed by atoms with Gasteiger partial charge < -0.3 is 0 Å². The Morgan fingerprint density at radius 3 is 1.25 bits per heavy atom. The lowest BCUT2D eigenvalue weighted by Crippen LogP contribution is -2.02. The molecule has 12 aromatic carbocycles. The lowest BCUT2D eigenvalue weighted by Gasteiger charge is -2.16. The van der Waals surface area contributed by atoms with E-state index in [9.17, 15) is 0 Å². The zero-order chi connectivity index (χ0) is 48.0. The molecule has 0 atom stereocenters. The molecule has 7 heteroatoms. The minimum absolute atomic E-state index is 0.580. The Morgan fingerprint density at radius 2 is 0.658 bits per heavy atom. The summed E-state index contributed by atoms with van der Waals surface area (Å²) in [4.78, 5) is 32.7. The molecule has 3 aromatic heterocycles. The van der Waals surface area contributed by atoms with Crippen molar-refractivity contribution in [3.05, 3.63) is 231 Å². The van der Waals surface area contributed by atoms with Crippen molar-refractivity contribution in [3.63, 3.8) is 0 Å². The standard InChI is InChI=1S/C66H38N6S/c1-3-21-41(22-4-1)61-67-63(51-35-17-26-39-19-7-10-28-44(39)51)71-65(69-61)54-38-53-49-33-14-13-31-47(49)48-32-15-16-34-50(48)56(53)60-57(54)59-55(73-60)37-43-25-9-12-30-46(43)58(59)66-70-62(42-23-5-2-6-24-42)68-64(72-66)52-36-18-27-40-20-8-11-29-45(40)52/h1-38H. The number of thiophene rings is 1. The predicted molar refractivity (Wildman–Crippen MR) is 304 cm³/mol. The topological polar surface area (TPSA) is 77.3 Å². The highest BCUT2D eigenvalue weighted by molar-refractivity contribution is 7.27. The Morgan fingerprint density at radius 1 is 0.247 bits per heavy atom. The van der Waals surface area contributed by atoms with Gasteiger partial charge in [-0.2, -0.15) is 0 Å². The summed E-state index contributed by atoms with van der Waals surface area (Å²) in [7, 11) is 0. The SMILES string of the molecule is c1ccc(-c2nc(-c3cccc4ccccc34)nc(-c3c4ccccc4cc4sc5c(c(-c6nc(-c7ccccc7)nc(-c7cccc8ccccc78)n6)cc6c7ccccc7c7ccccc7c65)c34)n2)cc1. The molecule has 0 bridgehead atoms. The van der Waals surface area contributed by atoms with Gasteiger partial charge in [0, 0.05) is 58.9 Å². The van der Waals surface area contributed by atoms with Crippen LogP contribution in [-0.4, -0.2) is 29.9 Å². The molecule has 0 aliphatic carbocycles. The van der Waals surface area contributed by atoms with Crippen LogP contribution in [0.2, 0.25) is 0 Å². The maximum atomic E-state index is 5.58. The number of nitrogens with zero attached hydrogens (tertiary/aromatic N) is 6. The Kier molecular flexibility index (Phi) is 9.33. The summed E-state index contributed by atoms with van der Waals surface area (Å²) in [5, 5.41) is 15.7. The van der Waals surface area contributed by atoms with Crippen LogP contribution >= 0.6 is 11.3 Å². The molecule has 3 heterocycles. The Labute approximate surface area is 422 Å². The average Bonchev–Trinajstić information content (AvgIpc) is 3.88. The van der Waals surface area contributed by atoms with Crippen LogP contribution in [0.3, 0.4) is 0 Å². The summed E-state index contributed by atoms with van der Waals surface area (Å²) in [5.74, 6) is 3.57. The Bertz CT molecular complexity index is 4730. The van der Waals surface area contributed by atoms with Crippen LogP contribution in [0.15, 0.2) is 231 Å². The van der Waals surface area contributed by atoms with E-state index in [0.717, 1.165) is 91.3 Å². The first-order chi connectivity index (χ1) is 36.2. The molecule has 6 nitrogen and oxygen atoms in total. The molecule has 338 valence electrons. The molecular formula is C66H38N6S. The lowest BCUT2D eigenvalue weighted by atomic mass is 9.89. The van der Waals surface area contributed by atoms with E-state index in [4.69, 9.17) is 29.9 Å². The van der Waals surface area contributed by atoms with Crippen LogP contribution < -0.4 is 0 Å². The molecule has 0 amide bonds. The summed E-state index contributed by atoms with van der Waals surface area (Å²) in [6, 6.07) is 81.0. The minimum Gasteiger partial charge on any atom is -0.208 e. The molecule has 0 aliphatic rings. The highest BCUT2D eigenvalue weighted by atomic mass is 32.1. The number of fused-ring (bicyclic) bond motifs is 13. The fraction of sp³-hybridized carbons (Fsp3) is 0. The first-order valence-electron chi connectivity index (χ1n) is 24.4. The maximum absolute atomic E-state index is 5.58. The van der Waals surface area contributed by atoms with Gasteiger partial charge in [-0.15, -0.1) is 11.3 Å². The molecular weight excluding hydrogens is 909 g/mol. The van der Waals surface area contributed by atoms with Gasteiger partial charge in [0.05, 0.1) is 0 Å². The van der Waals surface area contributed by atoms with Gasteiger partial charge >= 0.3 is 0 Å². The monoisotopic (exact) mass is 946 g/mol. The molecule has 0 saturated heterocycles. The third-order valence-electron chi connectivity index (χ3n) is 14.3. The van der Waals surface area contributed by atoms with E-state index in [1.54, 1.807) is 0 Å². The van der Waals surface area contributed by atoms with E-state index in [2.05, 4.69) is 194 Å². The van der Waals surface area contributed by atoms with Gasteiger partial charge in [-0.25, -0.2) is 29.9 Å². The van der Waals surface area contributed by atoms with Crippen LogP contribution in [0.5, 0.6) is 0 Å². The number of benzene rings is 12. The molecule has 0 aliphatic heterocycles. The predicted octanol–water partition coefficient (Wildman–Crippen LogP) is 17.3. The highest BCUT2D eigenvalue weighted by Crippen LogP contribution is 2.52. The lowest BCUT2D eigenvalue weighted by molar-refractivity contribution is 1.08. The van der Waals surface area contributed by atoms with Crippen LogP contribution in [0.1, 0.15) is 0 Å². The maximum Gasteiger partial charge on any atom is 0.165 e. The molecule has 0 spiro atoms. The van der Waals surface area contributed by atoms with Crippen molar-refractivity contribution < 1.29 is 0 Å². The average molecular weight is 947 g/mol. The fourth-order valence-corrected chi connectivity index (χ4v) is 12.4. The summed E-state index contributed by atoms with van der Waals surface area (Å²) in [6.07, 6.45) is 0. The fourth-order valence-electron chi connectivity index (χ4n) is 11.0. The Hall–Kier alpha value is -9.56. The van der Waals surface area contributed by atoms with Crippen molar-refractivity contribution in [2.75, 3.05) is 0 Å². The van der Waals surface area contributed by atoms with E-state index in [1.807, 2.05) is 47.7 Å². The van der Waals surface area contributed by atoms with E-state index < -0.39 is 0 Å². The molecule has 73 heavy (non-hydrogen) atoms. The van der Waals surface area contributed by atoms with Gasteiger partial charge in [-0.3, -0.25) is 0 Å². The van der Waals surface area contributed by atoms with Crippen molar-refractivity contribution in [2.45, 2.75) is 0 Å². The van der Waals surface area contributed by atoms with Crippen molar-refractivity contribution in [2.24, 2.45) is 0 Å². The Balaban J connectivity index is 1.14. The molecule has 0 unspecified atom stereocenters. The molecule has 0 N–H and O–H groups in total. The zero-order valence-electron chi connectivity index (χ0n) is 39.0. The molecule has 0 radical (unpaired) electrons. The second-order valence-electron chi connectivity index (χ2n) is 18.5. The van der Waals surface area contributed by atoms with Gasteiger partial charge in [0.25, 0.3) is 0 Å². The molecule has 0 saturated carbocycles. The van der Waals surface area contributed by atoms with Crippen molar-refractivity contribution >= 4 is 96.1 Å². The minimum atomic E-state index is 0.580. The zero-order valence-corrected chi connectivity index (χ0v) is 39.8. The molecule has 15 rings (SSSR count). The summed E-state index contributed by atoms with van der Waals surface area (Å²) in [6.45, 7) is 0. The van der Waals surface area contributed by atoms with Gasteiger partial charge in [-0.1, -0.05) is 218 Å². The van der Waals surface area contributed by atoms with Gasteiger partial charge in [0.2, 0.25) is 0 Å². The van der Waals surface area contributed by atoms with E-state index in [1.165, 1.54) is 26.9 Å². The van der Waals surface area contributed by atoms with Crippen molar-refractivity contribution in [1.29, 1.82) is 0 Å². The van der Waals surface area contributed by atoms with E-state index in [-0.39, 0.29) is 0 Å². The normalized spacial score (nSPS) is 11.8. The quantitative estimate of drug-likeness (QED) is 0.155. The third kappa shape index (κ3) is 6.63. The van der Waals surface area contributed by atoms with Crippen molar-refractivity contribution in [3.8, 4) is 68.3 Å². The highest BCUT2D eigenvalue weighted by Gasteiger charge is 2.27. The number of aromatic nitrogens is 6. The van der Waals surface area contributed by atoms with Gasteiger partial charge in [0.15, 0.2) is 34.9 Å². The van der Waals surface area contributed by atoms with Crippen LogP contribution in [0.4, 0.5) is 0 Å². The summed E-state index contributed by atoms with van der Waals surface area (Å²) in [5.41, 5.74) is 5.52. The van der Waals surface area contributed by atoms with E-state index >= 15 is 0 Å². The van der Waals surface area contributed by atoms with E-state index in [0.29, 0.717) is 34.9 Å². The largest absolute Gasteiger partial charge is 0.208 e. The number of hydrogen-bond donors (Lipinski definition) is 0. The van der Waals surface area contributed by atoms with Crippen LogP contribution in [0.25, 0.3) is 153 Å². The molecule has 0 fully saturated rings. The second kappa shape index (κ2) is 16.5. The smallest absolute Gasteiger partial charge is 0.165 e. The summed E-state index contributed by atoms with van der Waals surface area (Å²) < 4.78 is 2.25. The van der Waals surface area contributed by atoms with Crippen LogP contribution in [0, 0.1) is 0 Å². The first-order valence-corrected chi connectivity index (χ1v) is 25.3. The second-order valence-corrected chi connectivity index (χ2v) is 19.5. The number of rotatable bonds is 6. The third-order valence-corrected chi connectivity index (χ3v) is 15.5.